The van der Waals surface area contributed by atoms with E-state index in [1.165, 1.54) is 5.56 Å². The minimum atomic E-state index is -0.146. The number of halogens is 1. The molecule has 0 fully saturated rings. The van der Waals surface area contributed by atoms with Crippen LogP contribution in [-0.4, -0.2) is 22.5 Å². The van der Waals surface area contributed by atoms with E-state index >= 15 is 0 Å². The number of urea groups is 1. The van der Waals surface area contributed by atoms with Gasteiger partial charge >= 0.3 is 6.03 Å². The van der Waals surface area contributed by atoms with Gasteiger partial charge in [-0.25, -0.2) is 4.79 Å². The van der Waals surface area contributed by atoms with E-state index in [2.05, 4.69) is 22.4 Å². The molecule has 26 heavy (non-hydrogen) atoms. The maximum Gasteiger partial charge on any atom is 0.322 e. The summed E-state index contributed by atoms with van der Waals surface area (Å²) in [6.45, 7) is 1.11. The Morgan fingerprint density at radius 2 is 1.69 bits per heavy atom. The van der Waals surface area contributed by atoms with Crippen molar-refractivity contribution in [3.8, 4) is 0 Å². The first-order valence-electron chi connectivity index (χ1n) is 8.45. The van der Waals surface area contributed by atoms with Crippen LogP contribution in [-0.2, 0) is 13.0 Å². The first kappa shape index (κ1) is 18.0. The van der Waals surface area contributed by atoms with Crippen molar-refractivity contribution in [2.45, 2.75) is 13.0 Å². The Labute approximate surface area is 158 Å². The summed E-state index contributed by atoms with van der Waals surface area (Å²) >= 11 is 5.91. The maximum atomic E-state index is 12.8. The largest absolute Gasteiger partial charge is 0.322 e. The number of anilines is 1. The van der Waals surface area contributed by atoms with E-state index in [1.807, 2.05) is 30.3 Å². The molecule has 3 aromatic rings. The second-order valence-corrected chi connectivity index (χ2v) is 6.39. The molecule has 2 aromatic carbocycles. The molecule has 132 valence electrons. The number of pyridine rings is 1. The van der Waals surface area contributed by atoms with Gasteiger partial charge in [-0.3, -0.25) is 4.98 Å². The predicted molar refractivity (Wildman–Crippen MR) is 105 cm³/mol. The molecule has 1 heterocycles. The van der Waals surface area contributed by atoms with Crippen LogP contribution in [0.4, 0.5) is 10.5 Å². The van der Waals surface area contributed by atoms with Crippen molar-refractivity contribution in [3.05, 3.63) is 95.3 Å². The second kappa shape index (κ2) is 9.02. The van der Waals surface area contributed by atoms with E-state index in [9.17, 15) is 4.79 Å². The van der Waals surface area contributed by atoms with Gasteiger partial charge < -0.3 is 10.2 Å². The van der Waals surface area contributed by atoms with Crippen LogP contribution in [0.15, 0.2) is 79.1 Å². The van der Waals surface area contributed by atoms with Crippen LogP contribution in [0.25, 0.3) is 0 Å². The molecule has 0 atom stereocenters. The molecule has 0 bridgehead atoms. The molecule has 0 saturated carbocycles. The lowest BCUT2D eigenvalue weighted by Crippen LogP contribution is -2.36. The van der Waals surface area contributed by atoms with Gasteiger partial charge in [-0.1, -0.05) is 48.0 Å². The predicted octanol–water partition coefficient (Wildman–Crippen LogP) is 5.01. The number of amides is 2. The summed E-state index contributed by atoms with van der Waals surface area (Å²) in [6, 6.07) is 20.9. The summed E-state index contributed by atoms with van der Waals surface area (Å²) in [5, 5.41) is 3.57. The van der Waals surface area contributed by atoms with Gasteiger partial charge in [0, 0.05) is 36.2 Å². The third-order valence-corrected chi connectivity index (χ3v) is 4.24. The summed E-state index contributed by atoms with van der Waals surface area (Å²) in [5.74, 6) is 0. The van der Waals surface area contributed by atoms with Gasteiger partial charge in [0.15, 0.2) is 0 Å². The molecular weight excluding hydrogens is 346 g/mol. The van der Waals surface area contributed by atoms with Gasteiger partial charge in [0.1, 0.15) is 0 Å². The molecule has 0 saturated heterocycles. The number of benzene rings is 2. The lowest BCUT2D eigenvalue weighted by atomic mass is 10.1. The van der Waals surface area contributed by atoms with Gasteiger partial charge in [0.2, 0.25) is 0 Å². The van der Waals surface area contributed by atoms with Gasteiger partial charge in [0.05, 0.1) is 0 Å². The Kier molecular flexibility index (Phi) is 6.23. The summed E-state index contributed by atoms with van der Waals surface area (Å²) in [5.41, 5.74) is 2.91. The second-order valence-electron chi connectivity index (χ2n) is 5.96. The van der Waals surface area contributed by atoms with E-state index in [0.29, 0.717) is 18.1 Å². The average molecular weight is 366 g/mol. The molecule has 1 aromatic heterocycles. The zero-order valence-electron chi connectivity index (χ0n) is 14.3. The minimum Gasteiger partial charge on any atom is -0.320 e. The monoisotopic (exact) mass is 365 g/mol. The number of rotatable bonds is 6. The third-order valence-electron chi connectivity index (χ3n) is 3.99. The number of carbonyl (C=O) groups excluding carboxylic acids is 1. The Morgan fingerprint density at radius 3 is 2.38 bits per heavy atom. The molecule has 0 radical (unpaired) electrons. The molecule has 0 aliphatic carbocycles. The van der Waals surface area contributed by atoms with Crippen molar-refractivity contribution in [3.63, 3.8) is 0 Å². The topological polar surface area (TPSA) is 45.2 Å². The number of nitrogens with zero attached hydrogens (tertiary/aromatic N) is 2. The Bertz CT molecular complexity index is 823. The minimum absolute atomic E-state index is 0.146. The van der Waals surface area contributed by atoms with Gasteiger partial charge in [-0.2, -0.15) is 0 Å². The van der Waals surface area contributed by atoms with E-state index in [1.54, 1.807) is 41.6 Å². The molecule has 2 amide bonds. The highest BCUT2D eigenvalue weighted by atomic mass is 35.5. The molecule has 0 spiro atoms. The van der Waals surface area contributed by atoms with Crippen LogP contribution in [0.3, 0.4) is 0 Å². The Balaban J connectivity index is 1.70. The Hall–Kier alpha value is -2.85. The van der Waals surface area contributed by atoms with Crippen molar-refractivity contribution in [1.82, 2.24) is 9.88 Å². The highest BCUT2D eigenvalue weighted by molar-refractivity contribution is 6.30. The van der Waals surface area contributed by atoms with Crippen LogP contribution in [0, 0.1) is 0 Å². The molecule has 4 nitrogen and oxygen atoms in total. The third kappa shape index (κ3) is 5.33. The first-order valence-corrected chi connectivity index (χ1v) is 8.83. The summed E-state index contributed by atoms with van der Waals surface area (Å²) in [7, 11) is 0. The fourth-order valence-electron chi connectivity index (χ4n) is 2.61. The van der Waals surface area contributed by atoms with Crippen molar-refractivity contribution in [2.24, 2.45) is 0 Å². The lowest BCUT2D eigenvalue weighted by molar-refractivity contribution is 0.209. The van der Waals surface area contributed by atoms with Crippen LogP contribution >= 0.6 is 11.6 Å². The average Bonchev–Trinajstić information content (AvgIpc) is 2.68. The summed E-state index contributed by atoms with van der Waals surface area (Å²) < 4.78 is 0. The quantitative estimate of drug-likeness (QED) is 0.667. The van der Waals surface area contributed by atoms with Crippen molar-refractivity contribution in [2.75, 3.05) is 11.9 Å². The van der Waals surface area contributed by atoms with Crippen LogP contribution in [0.5, 0.6) is 0 Å². The number of hydrogen-bond acceptors (Lipinski definition) is 2. The summed E-state index contributed by atoms with van der Waals surface area (Å²) in [6.07, 6.45) is 4.30. The van der Waals surface area contributed by atoms with Gasteiger partial charge in [-0.05, 0) is 47.9 Å². The molecule has 5 heteroatoms. The number of hydrogen-bond donors (Lipinski definition) is 1. The van der Waals surface area contributed by atoms with E-state index in [-0.39, 0.29) is 6.03 Å². The van der Waals surface area contributed by atoms with E-state index < -0.39 is 0 Å². The fraction of sp³-hybridized carbons (Fsp3) is 0.143. The molecule has 0 aliphatic rings. The van der Waals surface area contributed by atoms with Crippen molar-refractivity contribution >= 4 is 23.3 Å². The summed E-state index contributed by atoms with van der Waals surface area (Å²) in [4.78, 5) is 18.7. The molecular formula is C21H20ClN3O. The van der Waals surface area contributed by atoms with Gasteiger partial charge in [-0.15, -0.1) is 0 Å². The first-order chi connectivity index (χ1) is 12.7. The number of carbonyl (C=O) groups is 1. The zero-order valence-corrected chi connectivity index (χ0v) is 15.1. The number of aromatic nitrogens is 1. The van der Waals surface area contributed by atoms with Crippen LogP contribution in [0.2, 0.25) is 5.02 Å². The normalized spacial score (nSPS) is 10.3. The molecule has 1 N–H and O–H groups in total. The SMILES string of the molecule is O=C(Nc1ccc(Cl)cc1)N(CCc1ccccc1)Cc1cccnc1. The van der Waals surface area contributed by atoms with Crippen LogP contribution in [0.1, 0.15) is 11.1 Å². The van der Waals surface area contributed by atoms with Crippen molar-refractivity contribution in [1.29, 1.82) is 0 Å². The van der Waals surface area contributed by atoms with Crippen LogP contribution < -0.4 is 5.32 Å². The zero-order chi connectivity index (χ0) is 18.2. The van der Waals surface area contributed by atoms with Gasteiger partial charge in [0.25, 0.3) is 0 Å². The standard InChI is InChI=1S/C21H20ClN3O/c22-19-8-10-20(11-9-19)24-21(26)25(16-18-7-4-13-23-15-18)14-12-17-5-2-1-3-6-17/h1-11,13,15H,12,14,16H2,(H,24,26). The highest BCUT2D eigenvalue weighted by Gasteiger charge is 2.14. The molecule has 3 rings (SSSR count). The lowest BCUT2D eigenvalue weighted by Gasteiger charge is -2.23. The van der Waals surface area contributed by atoms with Crippen molar-refractivity contribution < 1.29 is 4.79 Å². The Morgan fingerprint density at radius 1 is 0.962 bits per heavy atom. The fourth-order valence-corrected chi connectivity index (χ4v) is 2.73. The number of nitrogens with one attached hydrogen (secondary N) is 1. The molecule has 0 aliphatic heterocycles. The van der Waals surface area contributed by atoms with E-state index in [4.69, 9.17) is 11.6 Å². The smallest absolute Gasteiger partial charge is 0.320 e. The maximum absolute atomic E-state index is 12.8. The van der Waals surface area contributed by atoms with E-state index in [0.717, 1.165) is 17.7 Å². The highest BCUT2D eigenvalue weighted by Crippen LogP contribution is 2.15. The molecule has 0 unspecified atom stereocenters.